The van der Waals surface area contributed by atoms with Gasteiger partial charge in [-0.15, -0.1) is 0 Å². The molecule has 1 aliphatic rings. The summed E-state index contributed by atoms with van der Waals surface area (Å²) in [5.41, 5.74) is 2.26. The Kier molecular flexibility index (Phi) is 4.64. The summed E-state index contributed by atoms with van der Waals surface area (Å²) in [6, 6.07) is 6.69. The Morgan fingerprint density at radius 3 is 3.00 bits per heavy atom. The maximum absolute atomic E-state index is 5.82. The SMILES string of the molecule is CSCCC1CNc2c(cccc2OC(C)C)N1. The first-order valence-electron chi connectivity index (χ1n) is 6.49. The van der Waals surface area contributed by atoms with Gasteiger partial charge in [-0.05, 0) is 44.4 Å². The molecule has 2 rings (SSSR count). The molecule has 1 aliphatic heterocycles. The molecule has 2 N–H and O–H groups in total. The molecule has 1 unspecified atom stereocenters. The average Bonchev–Trinajstić information content (AvgIpc) is 2.35. The Hall–Kier alpha value is -1.03. The predicted octanol–water partition coefficient (Wildman–Crippen LogP) is 3.43. The van der Waals surface area contributed by atoms with E-state index in [1.807, 2.05) is 23.9 Å². The van der Waals surface area contributed by atoms with Gasteiger partial charge in [0.15, 0.2) is 0 Å². The fourth-order valence-corrected chi connectivity index (χ4v) is 2.64. The summed E-state index contributed by atoms with van der Waals surface area (Å²) in [4.78, 5) is 0. The summed E-state index contributed by atoms with van der Waals surface area (Å²) in [6.07, 6.45) is 3.54. The molecular weight excluding hydrogens is 244 g/mol. The van der Waals surface area contributed by atoms with Gasteiger partial charge >= 0.3 is 0 Å². The number of benzene rings is 1. The molecule has 0 saturated carbocycles. The van der Waals surface area contributed by atoms with Gasteiger partial charge < -0.3 is 15.4 Å². The number of ether oxygens (including phenoxy) is 1. The van der Waals surface area contributed by atoms with Crippen LogP contribution >= 0.6 is 11.8 Å². The Morgan fingerprint density at radius 2 is 2.28 bits per heavy atom. The molecule has 1 aromatic rings. The third kappa shape index (κ3) is 3.25. The van der Waals surface area contributed by atoms with Gasteiger partial charge in [-0.25, -0.2) is 0 Å². The Labute approximate surface area is 114 Å². The van der Waals surface area contributed by atoms with Crippen LogP contribution in [0.4, 0.5) is 11.4 Å². The molecule has 1 aromatic carbocycles. The molecule has 100 valence electrons. The van der Waals surface area contributed by atoms with Gasteiger partial charge in [-0.1, -0.05) is 6.07 Å². The minimum absolute atomic E-state index is 0.201. The van der Waals surface area contributed by atoms with Gasteiger partial charge in [0, 0.05) is 12.6 Å². The molecule has 18 heavy (non-hydrogen) atoms. The first-order chi connectivity index (χ1) is 8.70. The first-order valence-corrected chi connectivity index (χ1v) is 7.89. The highest BCUT2D eigenvalue weighted by molar-refractivity contribution is 7.98. The molecule has 0 fully saturated rings. The summed E-state index contributed by atoms with van der Waals surface area (Å²) < 4.78 is 5.82. The lowest BCUT2D eigenvalue weighted by Gasteiger charge is -2.30. The quantitative estimate of drug-likeness (QED) is 0.855. The zero-order valence-corrected chi connectivity index (χ0v) is 12.1. The maximum atomic E-state index is 5.82. The van der Waals surface area contributed by atoms with Gasteiger partial charge in [-0.3, -0.25) is 0 Å². The van der Waals surface area contributed by atoms with Crippen LogP contribution in [-0.4, -0.2) is 30.7 Å². The van der Waals surface area contributed by atoms with E-state index in [0.717, 1.165) is 23.7 Å². The van der Waals surface area contributed by atoms with Crippen LogP contribution in [-0.2, 0) is 0 Å². The molecule has 1 heterocycles. The minimum atomic E-state index is 0.201. The predicted molar refractivity (Wildman–Crippen MR) is 81.1 cm³/mol. The molecule has 3 nitrogen and oxygen atoms in total. The van der Waals surface area contributed by atoms with E-state index in [0.29, 0.717) is 6.04 Å². The number of anilines is 2. The highest BCUT2D eigenvalue weighted by atomic mass is 32.2. The van der Waals surface area contributed by atoms with Gasteiger partial charge in [0.2, 0.25) is 0 Å². The van der Waals surface area contributed by atoms with Gasteiger partial charge in [0.25, 0.3) is 0 Å². The zero-order valence-electron chi connectivity index (χ0n) is 11.3. The number of fused-ring (bicyclic) bond motifs is 1. The molecule has 4 heteroatoms. The van der Waals surface area contributed by atoms with Crippen molar-refractivity contribution in [3.63, 3.8) is 0 Å². The van der Waals surface area contributed by atoms with Gasteiger partial charge in [0.1, 0.15) is 11.4 Å². The third-order valence-corrected chi connectivity index (χ3v) is 3.59. The van der Waals surface area contributed by atoms with Crippen LogP contribution in [0.2, 0.25) is 0 Å². The normalized spacial score (nSPS) is 17.9. The second kappa shape index (κ2) is 6.23. The third-order valence-electron chi connectivity index (χ3n) is 2.94. The van der Waals surface area contributed by atoms with E-state index < -0.39 is 0 Å². The Balaban J connectivity index is 2.09. The van der Waals surface area contributed by atoms with Crippen LogP contribution in [0.25, 0.3) is 0 Å². The van der Waals surface area contributed by atoms with E-state index in [9.17, 15) is 0 Å². The molecule has 0 bridgehead atoms. The van der Waals surface area contributed by atoms with E-state index in [1.54, 1.807) is 0 Å². The fraction of sp³-hybridized carbons (Fsp3) is 0.571. The maximum Gasteiger partial charge on any atom is 0.144 e. The monoisotopic (exact) mass is 266 g/mol. The van der Waals surface area contributed by atoms with Crippen LogP contribution in [0.5, 0.6) is 5.75 Å². The van der Waals surface area contributed by atoms with Crippen molar-refractivity contribution in [2.24, 2.45) is 0 Å². The Morgan fingerprint density at radius 1 is 1.44 bits per heavy atom. The van der Waals surface area contributed by atoms with Crippen LogP contribution in [0.1, 0.15) is 20.3 Å². The molecule has 0 saturated heterocycles. The van der Waals surface area contributed by atoms with Crippen LogP contribution in [0.15, 0.2) is 18.2 Å². The van der Waals surface area contributed by atoms with E-state index in [1.165, 1.54) is 12.2 Å². The van der Waals surface area contributed by atoms with Crippen molar-refractivity contribution in [3.05, 3.63) is 18.2 Å². The highest BCUT2D eigenvalue weighted by Gasteiger charge is 2.19. The molecule has 1 atom stereocenters. The van der Waals surface area contributed by atoms with Crippen molar-refractivity contribution >= 4 is 23.1 Å². The Bertz CT molecular complexity index is 395. The molecular formula is C14H22N2OS. The molecule has 0 amide bonds. The standard InChI is InChI=1S/C14H22N2OS/c1-10(2)17-13-6-4-5-12-14(13)15-9-11(16-12)7-8-18-3/h4-6,10-11,15-16H,7-9H2,1-3H3. The number of thioether (sulfide) groups is 1. The zero-order chi connectivity index (χ0) is 13.0. The summed E-state index contributed by atoms with van der Waals surface area (Å²) in [5.74, 6) is 2.13. The summed E-state index contributed by atoms with van der Waals surface area (Å²) >= 11 is 1.90. The summed E-state index contributed by atoms with van der Waals surface area (Å²) in [6.45, 7) is 5.07. The molecule has 0 spiro atoms. The van der Waals surface area contributed by atoms with Crippen LogP contribution in [0.3, 0.4) is 0 Å². The van der Waals surface area contributed by atoms with Crippen molar-refractivity contribution in [1.29, 1.82) is 0 Å². The lowest BCUT2D eigenvalue weighted by molar-refractivity contribution is 0.243. The number of para-hydroxylation sites is 1. The van der Waals surface area contributed by atoms with Gasteiger partial charge in [-0.2, -0.15) is 11.8 Å². The smallest absolute Gasteiger partial charge is 0.144 e. The fourth-order valence-electron chi connectivity index (χ4n) is 2.12. The molecule has 0 aliphatic carbocycles. The number of hydrogen-bond acceptors (Lipinski definition) is 4. The van der Waals surface area contributed by atoms with E-state index in [-0.39, 0.29) is 6.10 Å². The second-order valence-electron chi connectivity index (χ2n) is 4.85. The topological polar surface area (TPSA) is 33.3 Å². The van der Waals surface area contributed by atoms with Crippen molar-refractivity contribution in [2.75, 3.05) is 29.2 Å². The van der Waals surface area contributed by atoms with Gasteiger partial charge in [0.05, 0.1) is 11.8 Å². The largest absolute Gasteiger partial charge is 0.489 e. The van der Waals surface area contributed by atoms with Crippen molar-refractivity contribution in [3.8, 4) is 5.75 Å². The molecule has 0 aromatic heterocycles. The van der Waals surface area contributed by atoms with Crippen molar-refractivity contribution < 1.29 is 4.74 Å². The van der Waals surface area contributed by atoms with Crippen LogP contribution < -0.4 is 15.4 Å². The number of hydrogen-bond donors (Lipinski definition) is 2. The van der Waals surface area contributed by atoms with E-state index in [2.05, 4.69) is 36.8 Å². The first kappa shape index (κ1) is 13.4. The second-order valence-corrected chi connectivity index (χ2v) is 5.83. The minimum Gasteiger partial charge on any atom is -0.489 e. The summed E-state index contributed by atoms with van der Waals surface area (Å²) in [7, 11) is 0. The summed E-state index contributed by atoms with van der Waals surface area (Å²) in [5, 5.41) is 7.09. The van der Waals surface area contributed by atoms with E-state index in [4.69, 9.17) is 4.74 Å². The van der Waals surface area contributed by atoms with E-state index >= 15 is 0 Å². The number of rotatable bonds is 5. The molecule has 0 radical (unpaired) electrons. The average molecular weight is 266 g/mol. The lowest BCUT2D eigenvalue weighted by Crippen LogP contribution is -2.33. The van der Waals surface area contributed by atoms with Crippen molar-refractivity contribution in [1.82, 2.24) is 0 Å². The number of nitrogens with one attached hydrogen (secondary N) is 2. The van der Waals surface area contributed by atoms with Crippen molar-refractivity contribution in [2.45, 2.75) is 32.4 Å². The lowest BCUT2D eigenvalue weighted by atomic mass is 10.1. The highest BCUT2D eigenvalue weighted by Crippen LogP contribution is 2.36. The van der Waals surface area contributed by atoms with Crippen LogP contribution in [0, 0.1) is 0 Å².